The topological polar surface area (TPSA) is 60.9 Å². The highest BCUT2D eigenvalue weighted by Gasteiger charge is 2.39. The molecule has 1 aliphatic rings. The maximum atomic E-state index is 11.9. The standard InChI is InChI=1S/C11H11ClN2O3/c1-13-9(10(15)16)6-14(11(13)17)8-4-2-3-7(12)5-8/h2-5,9H,6H2,1H3,(H,15,16). The van der Waals surface area contributed by atoms with Gasteiger partial charge in [-0.3, -0.25) is 4.90 Å². The fourth-order valence-electron chi connectivity index (χ4n) is 1.80. The summed E-state index contributed by atoms with van der Waals surface area (Å²) in [5.74, 6) is -1.01. The summed E-state index contributed by atoms with van der Waals surface area (Å²) in [4.78, 5) is 25.5. The molecule has 0 spiro atoms. The third-order valence-electron chi connectivity index (χ3n) is 2.76. The average molecular weight is 255 g/mol. The lowest BCUT2D eigenvalue weighted by Gasteiger charge is -2.15. The summed E-state index contributed by atoms with van der Waals surface area (Å²) in [6, 6.07) is 5.63. The van der Waals surface area contributed by atoms with Crippen LogP contribution in [0.15, 0.2) is 24.3 Å². The number of urea groups is 1. The lowest BCUT2D eigenvalue weighted by atomic mass is 10.2. The first kappa shape index (κ1) is 11.7. The molecule has 1 unspecified atom stereocenters. The minimum atomic E-state index is -1.01. The van der Waals surface area contributed by atoms with Gasteiger partial charge < -0.3 is 10.0 Å². The van der Waals surface area contributed by atoms with Gasteiger partial charge in [0, 0.05) is 17.8 Å². The van der Waals surface area contributed by atoms with Gasteiger partial charge in [0.1, 0.15) is 6.04 Å². The molecule has 1 aromatic rings. The number of aliphatic carboxylic acids is 1. The Labute approximate surface area is 103 Å². The predicted octanol–water partition coefficient (Wildman–Crippen LogP) is 1.66. The smallest absolute Gasteiger partial charge is 0.328 e. The van der Waals surface area contributed by atoms with E-state index >= 15 is 0 Å². The lowest BCUT2D eigenvalue weighted by Crippen LogP contribution is -2.36. The second-order valence-electron chi connectivity index (χ2n) is 3.84. The number of hydrogen-bond donors (Lipinski definition) is 1. The van der Waals surface area contributed by atoms with Crippen LogP contribution in [0, 0.1) is 0 Å². The van der Waals surface area contributed by atoms with Crippen LogP contribution in [0.3, 0.4) is 0 Å². The Kier molecular flexibility index (Phi) is 2.93. The Morgan fingerprint density at radius 3 is 2.76 bits per heavy atom. The molecule has 0 aromatic heterocycles. The van der Waals surface area contributed by atoms with Gasteiger partial charge in [0.25, 0.3) is 0 Å². The van der Waals surface area contributed by atoms with Crippen LogP contribution < -0.4 is 4.90 Å². The number of carbonyl (C=O) groups is 2. The third kappa shape index (κ3) is 2.06. The van der Waals surface area contributed by atoms with Crippen molar-refractivity contribution in [1.82, 2.24) is 4.90 Å². The van der Waals surface area contributed by atoms with Crippen molar-refractivity contribution in [2.45, 2.75) is 6.04 Å². The summed E-state index contributed by atoms with van der Waals surface area (Å²) < 4.78 is 0. The maximum Gasteiger partial charge on any atom is 0.328 e. The summed E-state index contributed by atoms with van der Waals surface area (Å²) >= 11 is 5.84. The van der Waals surface area contributed by atoms with Gasteiger partial charge in [0.05, 0.1) is 6.54 Å². The van der Waals surface area contributed by atoms with Gasteiger partial charge >= 0.3 is 12.0 Å². The normalized spacial score (nSPS) is 19.9. The van der Waals surface area contributed by atoms with Crippen LogP contribution in [0.5, 0.6) is 0 Å². The molecule has 90 valence electrons. The largest absolute Gasteiger partial charge is 0.480 e. The summed E-state index contributed by atoms with van der Waals surface area (Å²) in [5.41, 5.74) is 0.609. The zero-order chi connectivity index (χ0) is 12.6. The first-order valence-electron chi connectivity index (χ1n) is 5.03. The molecule has 1 aromatic carbocycles. The number of carboxylic acids is 1. The van der Waals surface area contributed by atoms with E-state index in [9.17, 15) is 9.59 Å². The van der Waals surface area contributed by atoms with Crippen molar-refractivity contribution in [2.24, 2.45) is 0 Å². The Balaban J connectivity index is 2.30. The minimum Gasteiger partial charge on any atom is -0.480 e. The van der Waals surface area contributed by atoms with Gasteiger partial charge in [-0.15, -0.1) is 0 Å². The van der Waals surface area contributed by atoms with Crippen LogP contribution >= 0.6 is 11.6 Å². The zero-order valence-electron chi connectivity index (χ0n) is 9.13. The van der Waals surface area contributed by atoms with Crippen molar-refractivity contribution in [3.63, 3.8) is 0 Å². The highest BCUT2D eigenvalue weighted by atomic mass is 35.5. The number of hydrogen-bond acceptors (Lipinski definition) is 2. The van der Waals surface area contributed by atoms with Crippen molar-refractivity contribution in [2.75, 3.05) is 18.5 Å². The number of carbonyl (C=O) groups excluding carboxylic acids is 1. The van der Waals surface area contributed by atoms with E-state index in [-0.39, 0.29) is 12.6 Å². The van der Waals surface area contributed by atoms with Gasteiger partial charge in [-0.25, -0.2) is 9.59 Å². The fraction of sp³-hybridized carbons (Fsp3) is 0.273. The van der Waals surface area contributed by atoms with Gasteiger partial charge in [0.15, 0.2) is 0 Å². The third-order valence-corrected chi connectivity index (χ3v) is 3.00. The molecule has 0 radical (unpaired) electrons. The van der Waals surface area contributed by atoms with Crippen LogP contribution in [0.2, 0.25) is 5.02 Å². The van der Waals surface area contributed by atoms with Crippen LogP contribution in [-0.4, -0.2) is 41.6 Å². The van der Waals surface area contributed by atoms with Crippen LogP contribution in [0.4, 0.5) is 10.5 Å². The molecule has 0 saturated carbocycles. The van der Waals surface area contributed by atoms with E-state index < -0.39 is 12.0 Å². The molecule has 1 heterocycles. The molecule has 0 bridgehead atoms. The van der Waals surface area contributed by atoms with Crippen LogP contribution in [0.25, 0.3) is 0 Å². The molecule has 0 aliphatic carbocycles. The molecular formula is C11H11ClN2O3. The summed E-state index contributed by atoms with van der Waals surface area (Å²) in [6.45, 7) is 0.130. The summed E-state index contributed by atoms with van der Waals surface area (Å²) in [7, 11) is 1.48. The number of rotatable bonds is 2. The summed E-state index contributed by atoms with van der Waals surface area (Å²) in [6.07, 6.45) is 0. The molecule has 1 atom stereocenters. The second kappa shape index (κ2) is 4.25. The van der Waals surface area contributed by atoms with E-state index in [1.165, 1.54) is 16.8 Å². The molecule has 2 rings (SSSR count). The number of likely N-dealkylation sites (N-methyl/N-ethyl adjacent to an activating group) is 1. The Bertz CT molecular complexity index is 478. The fourth-order valence-corrected chi connectivity index (χ4v) is 1.99. The quantitative estimate of drug-likeness (QED) is 0.873. The Morgan fingerprint density at radius 2 is 2.24 bits per heavy atom. The first-order valence-corrected chi connectivity index (χ1v) is 5.41. The van der Waals surface area contributed by atoms with Gasteiger partial charge in [-0.1, -0.05) is 17.7 Å². The van der Waals surface area contributed by atoms with E-state index in [0.717, 1.165) is 0 Å². The van der Waals surface area contributed by atoms with Crippen molar-refractivity contribution >= 4 is 29.3 Å². The number of anilines is 1. The number of carboxylic acid groups (broad SMARTS) is 1. The van der Waals surface area contributed by atoms with E-state index in [1.54, 1.807) is 24.3 Å². The van der Waals surface area contributed by atoms with Gasteiger partial charge in [0.2, 0.25) is 0 Å². The number of amides is 2. The molecule has 1 saturated heterocycles. The number of nitrogens with zero attached hydrogens (tertiary/aromatic N) is 2. The van der Waals surface area contributed by atoms with Crippen molar-refractivity contribution in [1.29, 1.82) is 0 Å². The van der Waals surface area contributed by atoms with E-state index in [0.29, 0.717) is 10.7 Å². The molecule has 1 fully saturated rings. The Hall–Kier alpha value is -1.75. The Morgan fingerprint density at radius 1 is 1.53 bits per heavy atom. The van der Waals surface area contributed by atoms with Gasteiger partial charge in [-0.05, 0) is 18.2 Å². The molecule has 17 heavy (non-hydrogen) atoms. The molecule has 5 nitrogen and oxygen atoms in total. The highest BCUT2D eigenvalue weighted by Crippen LogP contribution is 2.25. The van der Waals surface area contributed by atoms with E-state index in [4.69, 9.17) is 16.7 Å². The molecule has 1 aliphatic heterocycles. The van der Waals surface area contributed by atoms with Crippen LogP contribution in [-0.2, 0) is 4.79 Å². The van der Waals surface area contributed by atoms with Crippen LogP contribution in [0.1, 0.15) is 0 Å². The van der Waals surface area contributed by atoms with E-state index in [2.05, 4.69) is 0 Å². The van der Waals surface area contributed by atoms with Crippen molar-refractivity contribution < 1.29 is 14.7 Å². The molecular weight excluding hydrogens is 244 g/mol. The molecule has 6 heteroatoms. The van der Waals surface area contributed by atoms with E-state index in [1.807, 2.05) is 0 Å². The molecule has 2 amide bonds. The second-order valence-corrected chi connectivity index (χ2v) is 4.27. The minimum absolute atomic E-state index is 0.130. The SMILES string of the molecule is CN1C(=O)N(c2cccc(Cl)c2)CC1C(=O)O. The molecule has 1 N–H and O–H groups in total. The highest BCUT2D eigenvalue weighted by molar-refractivity contribution is 6.30. The zero-order valence-corrected chi connectivity index (χ0v) is 9.89. The lowest BCUT2D eigenvalue weighted by molar-refractivity contribution is -0.140. The van der Waals surface area contributed by atoms with Crippen molar-refractivity contribution in [3.05, 3.63) is 29.3 Å². The predicted molar refractivity (Wildman–Crippen MR) is 63.4 cm³/mol. The monoisotopic (exact) mass is 254 g/mol. The maximum absolute atomic E-state index is 11.9. The number of benzene rings is 1. The number of halogens is 1. The average Bonchev–Trinajstić information content (AvgIpc) is 2.56. The van der Waals surface area contributed by atoms with Crippen molar-refractivity contribution in [3.8, 4) is 0 Å². The van der Waals surface area contributed by atoms with Gasteiger partial charge in [-0.2, -0.15) is 0 Å². The first-order chi connectivity index (χ1) is 8.00. The summed E-state index contributed by atoms with van der Waals surface area (Å²) in [5, 5.41) is 9.48.